The highest BCUT2D eigenvalue weighted by molar-refractivity contribution is 5.92. The van der Waals surface area contributed by atoms with Crippen LogP contribution in [0.2, 0.25) is 0 Å². The minimum absolute atomic E-state index is 0.0313. The number of amides is 2. The molecule has 2 aromatic heterocycles. The van der Waals surface area contributed by atoms with Gasteiger partial charge in [0.25, 0.3) is 5.91 Å². The van der Waals surface area contributed by atoms with Crippen molar-refractivity contribution in [1.82, 2.24) is 24.8 Å². The van der Waals surface area contributed by atoms with Crippen LogP contribution < -0.4 is 15.9 Å². The third-order valence-corrected chi connectivity index (χ3v) is 5.88. The number of nitrogens with one attached hydrogen (secondary N) is 1. The summed E-state index contributed by atoms with van der Waals surface area (Å²) >= 11 is 0. The lowest BCUT2D eigenvalue weighted by Crippen LogP contribution is -2.38. The first kappa shape index (κ1) is 20.3. The Morgan fingerprint density at radius 3 is 2.80 bits per heavy atom. The number of fused-ring (bicyclic) bond motifs is 1. The molecule has 2 aliphatic rings. The monoisotopic (exact) mass is 408 g/mol. The maximum Gasteiger partial charge on any atom is 0.274 e. The van der Waals surface area contributed by atoms with Crippen LogP contribution in [0.25, 0.3) is 6.08 Å². The summed E-state index contributed by atoms with van der Waals surface area (Å²) in [4.78, 5) is 39.3. The maximum atomic E-state index is 12.5. The van der Waals surface area contributed by atoms with Gasteiger partial charge in [0.15, 0.2) is 0 Å². The Balaban J connectivity index is 1.11. The number of likely N-dealkylation sites (tertiary alicyclic amines) is 1. The molecule has 1 fully saturated rings. The first-order valence-electron chi connectivity index (χ1n) is 10.6. The van der Waals surface area contributed by atoms with E-state index in [1.165, 1.54) is 0 Å². The van der Waals surface area contributed by atoms with E-state index >= 15 is 0 Å². The van der Waals surface area contributed by atoms with E-state index in [9.17, 15) is 9.59 Å². The molecule has 1 atom stereocenters. The van der Waals surface area contributed by atoms with E-state index in [1.54, 1.807) is 29.5 Å². The van der Waals surface area contributed by atoms with Crippen LogP contribution in [0.4, 0.5) is 0 Å². The number of carbonyl (C=O) groups is 2. The van der Waals surface area contributed by atoms with Gasteiger partial charge in [0, 0.05) is 50.5 Å². The van der Waals surface area contributed by atoms with Crippen LogP contribution in [0.3, 0.4) is 0 Å². The predicted octanol–water partition coefficient (Wildman–Crippen LogP) is 0.436. The molecule has 2 aliphatic heterocycles. The summed E-state index contributed by atoms with van der Waals surface area (Å²) in [6, 6.07) is 1.39. The molecule has 8 heteroatoms. The summed E-state index contributed by atoms with van der Waals surface area (Å²) in [5.74, 6) is 0.630. The number of carbonyl (C=O) groups excluding carboxylic acids is 2. The van der Waals surface area contributed by atoms with Crippen molar-refractivity contribution in [2.75, 3.05) is 19.6 Å². The van der Waals surface area contributed by atoms with Crippen LogP contribution in [0.15, 0.2) is 36.0 Å². The predicted molar refractivity (Wildman–Crippen MR) is 112 cm³/mol. The van der Waals surface area contributed by atoms with Crippen molar-refractivity contribution in [3.63, 3.8) is 0 Å². The van der Waals surface area contributed by atoms with E-state index < -0.39 is 6.04 Å². The molecule has 0 aliphatic carbocycles. The first-order chi connectivity index (χ1) is 14.6. The highest BCUT2D eigenvalue weighted by Crippen LogP contribution is 2.23. The number of rotatable bonds is 7. The molecule has 2 aromatic rings. The Labute approximate surface area is 175 Å². The number of unbranched alkanes of at least 4 members (excludes halogenated alkanes) is 1. The molecule has 1 N–H and O–H groups in total. The molecule has 0 saturated carbocycles. The Hall–Kier alpha value is -3.03. The van der Waals surface area contributed by atoms with Gasteiger partial charge in [0.05, 0.1) is 11.7 Å². The molecule has 2 amide bonds. The smallest absolute Gasteiger partial charge is 0.274 e. The minimum atomic E-state index is -0.440. The molecule has 0 spiro atoms. The standard InChI is InChI=1S/C22H28N6O2/c1-27-14-20(25-15-27)22(30)28-10-6-16(7-11-28)4-2-3-8-24-21(29)19-12-17-13-23-9-5-18(17)26-19/h5,9,12-16,19H,2-4,6-8,10-11H2,1H3,(H,24,29). The number of aryl methyl sites for hydroxylation is 1. The van der Waals surface area contributed by atoms with E-state index in [0.717, 1.165) is 55.8 Å². The van der Waals surface area contributed by atoms with E-state index in [2.05, 4.69) is 20.3 Å². The average molecular weight is 409 g/mol. The third-order valence-electron chi connectivity index (χ3n) is 5.88. The summed E-state index contributed by atoms with van der Waals surface area (Å²) in [5, 5.41) is 4.75. The molecule has 4 rings (SSSR count). The van der Waals surface area contributed by atoms with Gasteiger partial charge >= 0.3 is 0 Å². The zero-order chi connectivity index (χ0) is 20.9. The Morgan fingerprint density at radius 1 is 1.23 bits per heavy atom. The molecule has 1 unspecified atom stereocenters. The fourth-order valence-electron chi connectivity index (χ4n) is 4.12. The van der Waals surface area contributed by atoms with E-state index in [0.29, 0.717) is 18.2 Å². The number of hydrogen-bond acceptors (Lipinski definition) is 5. The zero-order valence-electron chi connectivity index (χ0n) is 17.3. The quantitative estimate of drug-likeness (QED) is 0.673. The first-order valence-corrected chi connectivity index (χ1v) is 10.6. The molecular formula is C22H28N6O2. The van der Waals surface area contributed by atoms with Crippen molar-refractivity contribution >= 4 is 17.9 Å². The SMILES string of the molecule is Cn1cnc(C(=O)N2CCC(CCCCNC(=O)C3C=c4cnccc4=N3)CC2)c1. The maximum absolute atomic E-state index is 12.5. The molecular weight excluding hydrogens is 380 g/mol. The second kappa shape index (κ2) is 9.19. The van der Waals surface area contributed by atoms with Crippen LogP contribution in [-0.4, -0.2) is 56.9 Å². The van der Waals surface area contributed by atoms with Gasteiger partial charge in [-0.05, 0) is 37.3 Å². The fraction of sp³-hybridized carbons (Fsp3) is 0.500. The van der Waals surface area contributed by atoms with Gasteiger partial charge < -0.3 is 14.8 Å². The second-order valence-electron chi connectivity index (χ2n) is 8.12. The molecule has 4 heterocycles. The van der Waals surface area contributed by atoms with Crippen LogP contribution in [-0.2, 0) is 11.8 Å². The molecule has 30 heavy (non-hydrogen) atoms. The second-order valence-corrected chi connectivity index (χ2v) is 8.12. The summed E-state index contributed by atoms with van der Waals surface area (Å²) in [6.07, 6.45) is 14.0. The van der Waals surface area contributed by atoms with Gasteiger partial charge in [0.2, 0.25) is 5.91 Å². The van der Waals surface area contributed by atoms with Crippen molar-refractivity contribution in [3.8, 4) is 0 Å². The van der Waals surface area contributed by atoms with Gasteiger partial charge in [-0.1, -0.05) is 12.8 Å². The van der Waals surface area contributed by atoms with Gasteiger partial charge in [-0.2, -0.15) is 0 Å². The normalized spacial score (nSPS) is 18.4. The highest BCUT2D eigenvalue weighted by Gasteiger charge is 2.24. The topological polar surface area (TPSA) is 92.5 Å². The third kappa shape index (κ3) is 4.75. The minimum Gasteiger partial charge on any atom is -0.354 e. The summed E-state index contributed by atoms with van der Waals surface area (Å²) in [6.45, 7) is 2.26. The number of hydrogen-bond donors (Lipinski definition) is 1. The molecule has 1 saturated heterocycles. The van der Waals surface area contributed by atoms with Gasteiger partial charge in [-0.3, -0.25) is 19.6 Å². The number of piperidine rings is 1. The van der Waals surface area contributed by atoms with Crippen molar-refractivity contribution in [1.29, 1.82) is 0 Å². The summed E-state index contributed by atoms with van der Waals surface area (Å²) in [7, 11) is 1.87. The zero-order valence-corrected chi connectivity index (χ0v) is 17.3. The molecule has 0 bridgehead atoms. The van der Waals surface area contributed by atoms with E-state index in [4.69, 9.17) is 0 Å². The van der Waals surface area contributed by atoms with Crippen LogP contribution in [0, 0.1) is 5.92 Å². The van der Waals surface area contributed by atoms with Crippen LogP contribution in [0.1, 0.15) is 42.6 Å². The van der Waals surface area contributed by atoms with Gasteiger partial charge in [-0.25, -0.2) is 4.98 Å². The number of pyridine rings is 1. The van der Waals surface area contributed by atoms with Crippen molar-refractivity contribution in [2.24, 2.45) is 18.0 Å². The lowest BCUT2D eigenvalue weighted by atomic mass is 9.91. The van der Waals surface area contributed by atoms with Gasteiger partial charge in [0.1, 0.15) is 11.7 Å². The van der Waals surface area contributed by atoms with Crippen LogP contribution in [0.5, 0.6) is 0 Å². The van der Waals surface area contributed by atoms with Crippen molar-refractivity contribution in [2.45, 2.75) is 38.1 Å². The van der Waals surface area contributed by atoms with Gasteiger partial charge in [-0.15, -0.1) is 0 Å². The number of imidazole rings is 1. The summed E-state index contributed by atoms with van der Waals surface area (Å²) in [5.41, 5.74) is 0.525. The van der Waals surface area contributed by atoms with E-state index in [1.807, 2.05) is 24.1 Å². The molecule has 0 aromatic carbocycles. The lowest BCUT2D eigenvalue weighted by molar-refractivity contribution is -0.121. The molecule has 0 radical (unpaired) electrons. The van der Waals surface area contributed by atoms with E-state index in [-0.39, 0.29) is 11.8 Å². The summed E-state index contributed by atoms with van der Waals surface area (Å²) < 4.78 is 1.80. The largest absolute Gasteiger partial charge is 0.354 e. The van der Waals surface area contributed by atoms with Crippen LogP contribution >= 0.6 is 0 Å². The lowest BCUT2D eigenvalue weighted by Gasteiger charge is -2.31. The highest BCUT2D eigenvalue weighted by atomic mass is 16.2. The fourth-order valence-corrected chi connectivity index (χ4v) is 4.12. The number of nitrogens with zero attached hydrogens (tertiary/aromatic N) is 5. The Bertz CT molecular complexity index is 987. The average Bonchev–Trinajstić information content (AvgIpc) is 3.39. The molecule has 8 nitrogen and oxygen atoms in total. The molecule has 158 valence electrons. The van der Waals surface area contributed by atoms with Crippen molar-refractivity contribution < 1.29 is 9.59 Å². The Kier molecular flexibility index (Phi) is 6.21. The van der Waals surface area contributed by atoms with Crippen molar-refractivity contribution in [3.05, 3.63) is 47.3 Å². The Morgan fingerprint density at radius 2 is 2.07 bits per heavy atom. The number of aromatic nitrogens is 3.